The Labute approximate surface area is 403 Å². The average molecular weight is 981 g/mol. The fourth-order valence-corrected chi connectivity index (χ4v) is 12.3. The molecule has 3 heterocycles. The van der Waals surface area contributed by atoms with Gasteiger partial charge in [0.15, 0.2) is 17.0 Å². The topological polar surface area (TPSA) is 119 Å². The molecule has 368 valence electrons. The van der Waals surface area contributed by atoms with E-state index in [4.69, 9.17) is 4.74 Å². The van der Waals surface area contributed by atoms with E-state index in [1.165, 1.54) is 30.5 Å². The Kier molecular flexibility index (Phi) is 12.0. The van der Waals surface area contributed by atoms with Crippen LogP contribution in [0.3, 0.4) is 0 Å². The molecular weight excluding hydrogens is 933 g/mol. The summed E-state index contributed by atoms with van der Waals surface area (Å²) >= 11 is 0. The fraction of sp³-hybridized carbons (Fsp3) is 0.389. The summed E-state index contributed by atoms with van der Waals surface area (Å²) in [5.41, 5.74) is -0.816. The van der Waals surface area contributed by atoms with Crippen LogP contribution in [0.15, 0.2) is 110 Å². The molecule has 9 nitrogen and oxygen atoms in total. The number of methoxy groups -OCH3 is 1. The van der Waals surface area contributed by atoms with Gasteiger partial charge in [0.05, 0.1) is 51.7 Å². The van der Waals surface area contributed by atoms with Crippen molar-refractivity contribution in [3.63, 3.8) is 0 Å². The number of Topliss-reactive ketones (excluding diaryl/α,β-unsaturated/α-hetero) is 1. The molecule has 11 rings (SSSR count). The van der Waals surface area contributed by atoms with Crippen molar-refractivity contribution in [3.8, 4) is 17.4 Å². The predicted octanol–water partition coefficient (Wildman–Crippen LogP) is 12.1. The zero-order chi connectivity index (χ0) is 50.1. The summed E-state index contributed by atoms with van der Waals surface area (Å²) in [5, 5.41) is 31.5. The van der Waals surface area contributed by atoms with Crippen LogP contribution in [-0.4, -0.2) is 66.1 Å². The van der Waals surface area contributed by atoms with Gasteiger partial charge in [-0.15, -0.1) is 0 Å². The van der Waals surface area contributed by atoms with Crippen molar-refractivity contribution in [2.24, 2.45) is 11.8 Å². The summed E-state index contributed by atoms with van der Waals surface area (Å²) in [4.78, 5) is 18.5. The summed E-state index contributed by atoms with van der Waals surface area (Å²) in [7, 11) is 1.12. The summed E-state index contributed by atoms with van der Waals surface area (Å²) in [6.07, 6.45) is -2.68. The van der Waals surface area contributed by atoms with E-state index in [2.05, 4.69) is 21.3 Å². The number of aromatic nitrogens is 5. The van der Waals surface area contributed by atoms with Crippen molar-refractivity contribution in [3.05, 3.63) is 149 Å². The number of carbonyl (C=O) groups is 1. The molecule has 4 aliphatic carbocycles. The highest BCUT2D eigenvalue weighted by molar-refractivity contribution is 6.04. The van der Waals surface area contributed by atoms with Crippen molar-refractivity contribution in [1.82, 2.24) is 24.5 Å². The third-order valence-electron chi connectivity index (χ3n) is 16.0. The molecule has 71 heavy (non-hydrogen) atoms. The minimum absolute atomic E-state index is 0.0894. The molecule has 0 amide bonds. The van der Waals surface area contributed by atoms with E-state index >= 15 is 0 Å². The summed E-state index contributed by atoms with van der Waals surface area (Å²) in [6.45, 7) is 0. The number of aryl methyl sites for hydroxylation is 2. The average Bonchev–Trinajstić information content (AvgIpc) is 3.88. The molecule has 4 aliphatic rings. The van der Waals surface area contributed by atoms with Gasteiger partial charge < -0.3 is 9.84 Å². The highest BCUT2D eigenvalue weighted by Gasteiger charge is 2.64. The maximum Gasteiger partial charge on any atom is 0.417 e. The van der Waals surface area contributed by atoms with Gasteiger partial charge in [0, 0.05) is 24.1 Å². The SMILES string of the molecule is CO[C@]1(C(F)(F)F)CC[C@@]2(C#N)c3cc4cnn(-c5ccc(F)cc5)c4cc3CCC[C@@H]2C1.O=C(c1ccccn1)[C@@]12CC[C@](O)(C(F)(F)F)C[C@H]1CCCc1cc3c(cnn3-c3ccc(F)cc3)cc12. The molecule has 0 radical (unpaired) electrons. The Bertz CT molecular complexity index is 3180. The van der Waals surface area contributed by atoms with Gasteiger partial charge in [-0.1, -0.05) is 6.07 Å². The number of pyridine rings is 1. The standard InChI is InChI=1S/C29H25F4N3O2.C25H23F4N3O/c30-21-7-9-22(10-8-21)36-25-15-18-4-3-5-20-16-27(38,29(31,32)33)11-12-28(20,23(18)14-19(25)17-35-36)26(37)24-6-1-2-13-34-24;1-33-24(25(27,28)29)10-9-23(15-30)18(13-24)4-2-3-16-12-22-17(11-21(16)23)14-31-32(22)20-7-5-19(26)6-8-20/h1-2,6-10,13-15,17,20,38H,3-5,11-12,16H2;5-8,11-12,14,18H,2-4,9-10,13H2,1H3/t20-,27-,28+;18-,23+,24-/m11/s1. The van der Waals surface area contributed by atoms with E-state index < -0.39 is 59.1 Å². The summed E-state index contributed by atoms with van der Waals surface area (Å²) in [6, 6.07) is 27.1. The van der Waals surface area contributed by atoms with Gasteiger partial charge in [0.2, 0.25) is 0 Å². The lowest BCUT2D eigenvalue weighted by molar-refractivity contribution is -0.287. The molecule has 0 bridgehead atoms. The van der Waals surface area contributed by atoms with Crippen molar-refractivity contribution in [2.75, 3.05) is 7.11 Å². The lowest BCUT2D eigenvalue weighted by Crippen LogP contribution is -2.57. The Morgan fingerprint density at radius 3 is 1.80 bits per heavy atom. The number of carbonyl (C=O) groups excluding carboxylic acids is 1. The number of hydrogen-bond donors (Lipinski definition) is 1. The minimum Gasteiger partial charge on any atom is -0.380 e. The second-order valence-electron chi connectivity index (χ2n) is 19.6. The van der Waals surface area contributed by atoms with Gasteiger partial charge in [-0.25, -0.2) is 18.1 Å². The van der Waals surface area contributed by atoms with Crippen LogP contribution in [0, 0.1) is 34.8 Å². The Morgan fingerprint density at radius 2 is 1.28 bits per heavy atom. The summed E-state index contributed by atoms with van der Waals surface area (Å²) < 4.78 is 119. The van der Waals surface area contributed by atoms with Crippen molar-refractivity contribution >= 4 is 27.6 Å². The lowest BCUT2D eigenvalue weighted by Gasteiger charge is -2.49. The fourth-order valence-electron chi connectivity index (χ4n) is 12.3. The quantitative estimate of drug-likeness (QED) is 0.135. The van der Waals surface area contributed by atoms with Crippen LogP contribution in [0.5, 0.6) is 0 Å². The first-order valence-electron chi connectivity index (χ1n) is 23.7. The van der Waals surface area contributed by atoms with E-state index in [0.717, 1.165) is 45.6 Å². The van der Waals surface area contributed by atoms with Gasteiger partial charge >= 0.3 is 12.4 Å². The van der Waals surface area contributed by atoms with Crippen molar-refractivity contribution in [2.45, 2.75) is 111 Å². The lowest BCUT2D eigenvalue weighted by atomic mass is 9.55. The van der Waals surface area contributed by atoms with E-state index in [-0.39, 0.29) is 48.8 Å². The first-order valence-corrected chi connectivity index (χ1v) is 23.7. The molecule has 0 spiro atoms. The van der Waals surface area contributed by atoms with E-state index in [9.17, 15) is 50.3 Å². The molecular formula is C54H48F8N6O3. The van der Waals surface area contributed by atoms with Crippen molar-refractivity contribution in [1.29, 1.82) is 5.26 Å². The normalized spacial score (nSPS) is 26.4. The van der Waals surface area contributed by atoms with Gasteiger partial charge in [-0.05, 0) is 196 Å². The predicted molar refractivity (Wildman–Crippen MR) is 247 cm³/mol. The monoisotopic (exact) mass is 980 g/mol. The van der Waals surface area contributed by atoms with Crippen molar-refractivity contribution < 1.29 is 49.8 Å². The van der Waals surface area contributed by atoms with Crippen LogP contribution in [0.4, 0.5) is 35.1 Å². The molecule has 17 heteroatoms. The first kappa shape index (κ1) is 48.1. The molecule has 0 unspecified atom stereocenters. The molecule has 2 saturated carbocycles. The third-order valence-corrected chi connectivity index (χ3v) is 16.0. The molecule has 0 aliphatic heterocycles. The highest BCUT2D eigenvalue weighted by Crippen LogP contribution is 2.58. The summed E-state index contributed by atoms with van der Waals surface area (Å²) in [5.74, 6) is -2.20. The van der Waals surface area contributed by atoms with Crippen LogP contribution in [0.1, 0.15) is 97.0 Å². The number of rotatable bonds is 5. The first-order chi connectivity index (χ1) is 33.8. The smallest absolute Gasteiger partial charge is 0.380 e. The van der Waals surface area contributed by atoms with Crippen LogP contribution >= 0.6 is 0 Å². The van der Waals surface area contributed by atoms with Gasteiger partial charge in [0.25, 0.3) is 0 Å². The molecule has 3 aromatic heterocycles. The molecule has 1 N–H and O–H groups in total. The number of alkyl halides is 6. The Morgan fingerprint density at radius 1 is 0.718 bits per heavy atom. The van der Waals surface area contributed by atoms with Gasteiger partial charge in [-0.2, -0.15) is 41.8 Å². The van der Waals surface area contributed by atoms with Crippen LogP contribution in [-0.2, 0) is 28.4 Å². The number of halogens is 8. The van der Waals surface area contributed by atoms with E-state index in [0.29, 0.717) is 55.5 Å². The molecule has 4 aromatic carbocycles. The van der Waals surface area contributed by atoms with Gasteiger partial charge in [0.1, 0.15) is 17.3 Å². The molecule has 7 aromatic rings. The second-order valence-corrected chi connectivity index (χ2v) is 19.6. The number of nitriles is 1. The number of aliphatic hydroxyl groups is 1. The molecule has 6 atom stereocenters. The molecule has 0 saturated heterocycles. The van der Waals surface area contributed by atoms with Crippen LogP contribution in [0.2, 0.25) is 0 Å². The third kappa shape index (κ3) is 7.98. The van der Waals surface area contributed by atoms with E-state index in [1.54, 1.807) is 64.2 Å². The number of hydrogen-bond acceptors (Lipinski definition) is 7. The van der Waals surface area contributed by atoms with Crippen LogP contribution in [0.25, 0.3) is 33.2 Å². The van der Waals surface area contributed by atoms with E-state index in [1.807, 2.05) is 24.3 Å². The number of nitrogens with zero attached hydrogens (tertiary/aromatic N) is 6. The van der Waals surface area contributed by atoms with Gasteiger partial charge in [-0.3, -0.25) is 9.78 Å². The molecule has 2 fully saturated rings. The Balaban J connectivity index is 0.000000166. The zero-order valence-corrected chi connectivity index (χ0v) is 38.5. The number of fused-ring (bicyclic) bond motifs is 8. The second kappa shape index (κ2) is 17.7. The van der Waals surface area contributed by atoms with Crippen LogP contribution < -0.4 is 0 Å². The minimum atomic E-state index is -4.79. The maximum absolute atomic E-state index is 14.2. The number of benzene rings is 4. The maximum atomic E-state index is 14.2. The number of ether oxygens (including phenoxy) is 1. The highest BCUT2D eigenvalue weighted by atomic mass is 19.4. The number of ketones is 1. The largest absolute Gasteiger partial charge is 0.417 e. The zero-order valence-electron chi connectivity index (χ0n) is 38.5. The Hall–Kier alpha value is -6.51.